The zero-order valence-corrected chi connectivity index (χ0v) is 15.5. The van der Waals surface area contributed by atoms with Gasteiger partial charge in [0.1, 0.15) is 6.26 Å². The maximum Gasteiger partial charge on any atom is 0.298 e. The quantitative estimate of drug-likeness (QED) is 0.662. The molecule has 0 aliphatic carbocycles. The fraction of sp³-hybridized carbons (Fsp3) is 0.143. The van der Waals surface area contributed by atoms with Gasteiger partial charge in [0.15, 0.2) is 17.3 Å². The van der Waals surface area contributed by atoms with Crippen LogP contribution in [0.1, 0.15) is 11.4 Å². The van der Waals surface area contributed by atoms with Crippen molar-refractivity contribution >= 4 is 5.76 Å². The van der Waals surface area contributed by atoms with Crippen LogP contribution in [-0.4, -0.2) is 28.5 Å². The lowest BCUT2D eigenvalue weighted by molar-refractivity contribution is -0.0140. The molecule has 1 aliphatic heterocycles. The van der Waals surface area contributed by atoms with Gasteiger partial charge >= 0.3 is 0 Å². The third kappa shape index (κ3) is 4.01. The molecule has 1 aromatic heterocycles. The topological polar surface area (TPSA) is 103 Å². The SMILES string of the molecule is COc1ccccc1Oc1c(O)nc(C2=COC(Cc3ccccc3)O2)[nH]c1=O. The predicted octanol–water partition coefficient (Wildman–Crippen LogP) is 3.19. The van der Waals surface area contributed by atoms with Gasteiger partial charge in [-0.25, -0.2) is 0 Å². The molecule has 0 bridgehead atoms. The van der Waals surface area contributed by atoms with Crippen LogP contribution >= 0.6 is 0 Å². The first-order chi connectivity index (χ1) is 14.1. The fourth-order valence-corrected chi connectivity index (χ4v) is 2.82. The van der Waals surface area contributed by atoms with Crippen LogP contribution in [0.2, 0.25) is 0 Å². The summed E-state index contributed by atoms with van der Waals surface area (Å²) in [6.45, 7) is 0. The number of nitrogens with one attached hydrogen (secondary N) is 1. The largest absolute Gasteiger partial charge is 0.493 e. The van der Waals surface area contributed by atoms with Crippen molar-refractivity contribution in [3.8, 4) is 23.1 Å². The number of para-hydroxylation sites is 2. The van der Waals surface area contributed by atoms with Crippen molar-refractivity contribution in [2.75, 3.05) is 7.11 Å². The lowest BCUT2D eigenvalue weighted by Gasteiger charge is -2.12. The summed E-state index contributed by atoms with van der Waals surface area (Å²) in [5, 5.41) is 10.2. The number of benzene rings is 2. The zero-order valence-electron chi connectivity index (χ0n) is 15.5. The zero-order chi connectivity index (χ0) is 20.2. The van der Waals surface area contributed by atoms with E-state index in [1.165, 1.54) is 13.4 Å². The predicted molar refractivity (Wildman–Crippen MR) is 104 cm³/mol. The normalized spacial score (nSPS) is 15.2. The highest BCUT2D eigenvalue weighted by Crippen LogP contribution is 2.33. The van der Waals surface area contributed by atoms with Crippen LogP contribution in [0.15, 0.2) is 65.7 Å². The molecule has 2 N–H and O–H groups in total. The van der Waals surface area contributed by atoms with E-state index in [1.54, 1.807) is 24.3 Å². The highest BCUT2D eigenvalue weighted by atomic mass is 16.7. The Morgan fingerprint density at radius 1 is 1.10 bits per heavy atom. The molecule has 2 heterocycles. The maximum absolute atomic E-state index is 12.4. The van der Waals surface area contributed by atoms with Gasteiger partial charge in [-0.05, 0) is 17.7 Å². The highest BCUT2D eigenvalue weighted by Gasteiger charge is 2.25. The fourth-order valence-electron chi connectivity index (χ4n) is 2.82. The molecule has 8 heteroatoms. The average Bonchev–Trinajstić information content (AvgIpc) is 3.20. The molecule has 0 saturated heterocycles. The number of aromatic nitrogens is 2. The average molecular weight is 394 g/mol. The highest BCUT2D eigenvalue weighted by molar-refractivity contribution is 5.54. The molecule has 0 saturated carbocycles. The number of methoxy groups -OCH3 is 1. The Morgan fingerprint density at radius 3 is 2.55 bits per heavy atom. The third-order valence-corrected chi connectivity index (χ3v) is 4.20. The molecule has 29 heavy (non-hydrogen) atoms. The minimum Gasteiger partial charge on any atom is -0.493 e. The Labute approximate surface area is 166 Å². The van der Waals surface area contributed by atoms with Crippen molar-refractivity contribution in [2.45, 2.75) is 12.7 Å². The van der Waals surface area contributed by atoms with Crippen molar-refractivity contribution in [3.05, 3.63) is 82.6 Å². The lowest BCUT2D eigenvalue weighted by Crippen LogP contribution is -2.15. The number of aromatic amines is 1. The van der Waals surface area contributed by atoms with Crippen LogP contribution in [0, 0.1) is 0 Å². The molecular formula is C21H18N2O6. The van der Waals surface area contributed by atoms with Gasteiger partial charge in [-0.1, -0.05) is 42.5 Å². The standard InChI is InChI=1S/C21H18N2O6/c1-26-14-9-5-6-10-15(14)29-18-20(24)22-19(23-21(18)25)16-12-27-17(28-16)11-13-7-3-2-4-8-13/h2-10,12,17H,11H2,1H3,(H2,22,23,24,25). The molecule has 1 aliphatic rings. The summed E-state index contributed by atoms with van der Waals surface area (Å²) in [5.41, 5.74) is 0.367. The number of hydrogen-bond acceptors (Lipinski definition) is 7. The number of ether oxygens (including phenoxy) is 4. The first kappa shape index (κ1) is 18.4. The Morgan fingerprint density at radius 2 is 1.83 bits per heavy atom. The Balaban J connectivity index is 1.51. The van der Waals surface area contributed by atoms with Gasteiger partial charge in [-0.2, -0.15) is 4.98 Å². The number of hydrogen-bond donors (Lipinski definition) is 2. The molecule has 0 fully saturated rings. The van der Waals surface area contributed by atoms with Crippen LogP contribution in [0.3, 0.4) is 0 Å². The molecule has 1 unspecified atom stereocenters. The monoisotopic (exact) mass is 394 g/mol. The number of nitrogens with zero attached hydrogens (tertiary/aromatic N) is 1. The van der Waals surface area contributed by atoms with E-state index in [0.29, 0.717) is 12.2 Å². The van der Waals surface area contributed by atoms with Crippen molar-refractivity contribution in [1.29, 1.82) is 0 Å². The van der Waals surface area contributed by atoms with Gasteiger partial charge in [-0.15, -0.1) is 0 Å². The van der Waals surface area contributed by atoms with Crippen LogP contribution in [0.25, 0.3) is 5.76 Å². The maximum atomic E-state index is 12.4. The van der Waals surface area contributed by atoms with Gasteiger partial charge in [0, 0.05) is 6.42 Å². The molecule has 0 radical (unpaired) electrons. The van der Waals surface area contributed by atoms with Crippen LogP contribution < -0.4 is 15.0 Å². The van der Waals surface area contributed by atoms with E-state index >= 15 is 0 Å². The van der Waals surface area contributed by atoms with Gasteiger partial charge < -0.3 is 29.0 Å². The van der Waals surface area contributed by atoms with Crippen molar-refractivity contribution < 1.29 is 24.1 Å². The first-order valence-corrected chi connectivity index (χ1v) is 8.85. The summed E-state index contributed by atoms with van der Waals surface area (Å²) in [6.07, 6.45) is 1.32. The molecule has 8 nitrogen and oxygen atoms in total. The minimum absolute atomic E-state index is 0.0374. The van der Waals surface area contributed by atoms with Gasteiger partial charge in [0.25, 0.3) is 17.2 Å². The van der Waals surface area contributed by atoms with Crippen molar-refractivity contribution in [1.82, 2.24) is 9.97 Å². The third-order valence-electron chi connectivity index (χ3n) is 4.20. The molecule has 4 rings (SSSR count). The molecule has 148 valence electrons. The molecule has 2 aromatic carbocycles. The van der Waals surface area contributed by atoms with Gasteiger partial charge in [0.2, 0.25) is 12.0 Å². The minimum atomic E-state index is -0.672. The summed E-state index contributed by atoms with van der Waals surface area (Å²) in [6, 6.07) is 16.4. The van der Waals surface area contributed by atoms with E-state index < -0.39 is 17.7 Å². The summed E-state index contributed by atoms with van der Waals surface area (Å²) in [4.78, 5) is 19.0. The van der Waals surface area contributed by atoms with E-state index in [2.05, 4.69) is 9.97 Å². The molecule has 0 amide bonds. The Hall–Kier alpha value is -3.94. The second-order valence-corrected chi connectivity index (χ2v) is 6.18. The summed E-state index contributed by atoms with van der Waals surface area (Å²) in [5.74, 6) is 0.00387. The van der Waals surface area contributed by atoms with E-state index in [1.807, 2.05) is 30.3 Å². The Bertz CT molecular complexity index is 1090. The summed E-state index contributed by atoms with van der Waals surface area (Å²) >= 11 is 0. The van der Waals surface area contributed by atoms with E-state index in [9.17, 15) is 9.90 Å². The number of aromatic hydroxyl groups is 1. The van der Waals surface area contributed by atoms with Crippen molar-refractivity contribution in [3.63, 3.8) is 0 Å². The van der Waals surface area contributed by atoms with Crippen LogP contribution in [0.5, 0.6) is 23.1 Å². The van der Waals surface area contributed by atoms with Crippen LogP contribution in [-0.2, 0) is 15.9 Å². The van der Waals surface area contributed by atoms with Gasteiger partial charge in [0.05, 0.1) is 7.11 Å². The second-order valence-electron chi connectivity index (χ2n) is 6.18. The Kier molecular flexibility index (Phi) is 5.07. The van der Waals surface area contributed by atoms with Gasteiger partial charge in [-0.3, -0.25) is 4.79 Å². The summed E-state index contributed by atoms with van der Waals surface area (Å²) in [7, 11) is 1.48. The van der Waals surface area contributed by atoms with Crippen molar-refractivity contribution in [2.24, 2.45) is 0 Å². The molecule has 3 aromatic rings. The smallest absolute Gasteiger partial charge is 0.298 e. The van der Waals surface area contributed by atoms with Crippen LogP contribution in [0.4, 0.5) is 0 Å². The molecule has 0 spiro atoms. The first-order valence-electron chi connectivity index (χ1n) is 8.85. The van der Waals surface area contributed by atoms with E-state index in [-0.39, 0.29) is 23.1 Å². The number of H-pyrrole nitrogens is 1. The van der Waals surface area contributed by atoms with E-state index in [4.69, 9.17) is 18.9 Å². The summed E-state index contributed by atoms with van der Waals surface area (Å²) < 4.78 is 21.9. The van der Waals surface area contributed by atoms with E-state index in [0.717, 1.165) is 5.56 Å². The lowest BCUT2D eigenvalue weighted by atomic mass is 10.1. The molecular weight excluding hydrogens is 376 g/mol. The second kappa shape index (κ2) is 7.97. The molecule has 1 atom stereocenters. The number of rotatable bonds is 6.